The molecule has 3 rings (SSSR count). The van der Waals surface area contributed by atoms with Crippen molar-refractivity contribution in [2.45, 2.75) is 42.2 Å². The molecular formula is C21H20N2O8S. The molecule has 0 bridgehead atoms. The predicted molar refractivity (Wildman–Crippen MR) is 113 cm³/mol. The number of rotatable bonds is 4. The molecule has 2 amide bonds. The lowest BCUT2D eigenvalue weighted by molar-refractivity contribution is -0.384. The number of aromatic hydroxyl groups is 2. The number of carbonyl (C=O) groups is 2. The molecule has 32 heavy (non-hydrogen) atoms. The summed E-state index contributed by atoms with van der Waals surface area (Å²) < 4.78 is 18.6. The molecule has 0 radical (unpaired) electrons. The van der Waals surface area contributed by atoms with E-state index in [0.29, 0.717) is 0 Å². The molecule has 11 heteroatoms. The first-order chi connectivity index (χ1) is 14.9. The van der Waals surface area contributed by atoms with Crippen LogP contribution < -0.4 is 0 Å². The number of nitro groups is 1. The highest BCUT2D eigenvalue weighted by atomic mass is 32.2. The normalized spacial score (nSPS) is 16.8. The molecule has 2 aromatic rings. The number of phenolic OH excluding ortho intramolecular Hbond substituents is 2. The minimum absolute atomic E-state index is 0.106. The molecule has 1 aliphatic rings. The van der Waals surface area contributed by atoms with E-state index < -0.39 is 50.9 Å². The number of imide groups is 1. The Balaban J connectivity index is 2.09. The molecule has 0 spiro atoms. The van der Waals surface area contributed by atoms with Gasteiger partial charge in [0.2, 0.25) is 0 Å². The van der Waals surface area contributed by atoms with Gasteiger partial charge in [-0.2, -0.15) is 0 Å². The summed E-state index contributed by atoms with van der Waals surface area (Å²) in [5.41, 5.74) is -1.25. The van der Waals surface area contributed by atoms with Gasteiger partial charge in [0.15, 0.2) is 0 Å². The topological polar surface area (TPSA) is 147 Å². The van der Waals surface area contributed by atoms with Crippen molar-refractivity contribution in [3.8, 4) is 11.5 Å². The van der Waals surface area contributed by atoms with Crippen LogP contribution in [0.2, 0.25) is 0 Å². The largest absolute Gasteiger partial charge is 0.508 e. The summed E-state index contributed by atoms with van der Waals surface area (Å²) in [4.78, 5) is 35.9. The van der Waals surface area contributed by atoms with Crippen LogP contribution in [-0.2, 0) is 20.3 Å². The standard InChI is InChI=1S/C21H20N2O8S/c1-21(2,3)31-20(27)22-14(8-11-17(22)26)18-15(24)9-10-16(25)19(18)32(30)13-6-4-12(5-7-13)23(28)29/h4-11,14,24-25H,1-3H3/t14-,32?/m1/s1. The van der Waals surface area contributed by atoms with E-state index in [2.05, 4.69) is 0 Å². The van der Waals surface area contributed by atoms with Crippen molar-refractivity contribution >= 4 is 28.5 Å². The summed E-state index contributed by atoms with van der Waals surface area (Å²) in [6.07, 6.45) is 1.45. The molecular weight excluding hydrogens is 440 g/mol. The first-order valence-corrected chi connectivity index (χ1v) is 10.5. The summed E-state index contributed by atoms with van der Waals surface area (Å²) in [6, 6.07) is 5.88. The highest BCUT2D eigenvalue weighted by Gasteiger charge is 2.39. The lowest BCUT2D eigenvalue weighted by atomic mass is 10.0. The molecule has 0 saturated heterocycles. The average molecular weight is 460 g/mol. The average Bonchev–Trinajstić information content (AvgIpc) is 3.09. The van der Waals surface area contributed by atoms with Gasteiger partial charge in [-0.3, -0.25) is 14.9 Å². The van der Waals surface area contributed by atoms with E-state index in [0.717, 1.165) is 35.2 Å². The molecule has 168 valence electrons. The Morgan fingerprint density at radius 3 is 2.28 bits per heavy atom. The van der Waals surface area contributed by atoms with Gasteiger partial charge in [0.1, 0.15) is 17.1 Å². The van der Waals surface area contributed by atoms with E-state index >= 15 is 0 Å². The number of phenols is 2. The van der Waals surface area contributed by atoms with Crippen molar-refractivity contribution < 1.29 is 33.7 Å². The van der Waals surface area contributed by atoms with Crippen LogP contribution in [0.15, 0.2) is 58.3 Å². The molecule has 2 atom stereocenters. The summed E-state index contributed by atoms with van der Waals surface area (Å²) in [5, 5.41) is 31.9. The fourth-order valence-corrected chi connectivity index (χ4v) is 4.39. The number of nitro benzene ring substituents is 1. The van der Waals surface area contributed by atoms with Crippen LogP contribution >= 0.6 is 0 Å². The Bertz CT molecular complexity index is 1150. The van der Waals surface area contributed by atoms with Crippen LogP contribution in [0.1, 0.15) is 32.4 Å². The van der Waals surface area contributed by atoms with Crippen molar-refractivity contribution in [2.75, 3.05) is 0 Å². The zero-order valence-corrected chi connectivity index (χ0v) is 18.2. The SMILES string of the molecule is CC(C)(C)OC(=O)N1C(=O)C=C[C@@H]1c1c(O)ccc(O)c1S(=O)c1ccc([N+](=O)[O-])cc1. The number of amides is 2. The highest BCUT2D eigenvalue weighted by Crippen LogP contribution is 2.43. The zero-order chi connectivity index (χ0) is 23.8. The van der Waals surface area contributed by atoms with Crippen molar-refractivity contribution in [3.05, 3.63) is 64.2 Å². The van der Waals surface area contributed by atoms with Crippen molar-refractivity contribution in [3.63, 3.8) is 0 Å². The second-order valence-electron chi connectivity index (χ2n) is 7.86. The number of nitrogens with zero attached hydrogens (tertiary/aromatic N) is 2. The maximum absolute atomic E-state index is 13.3. The van der Waals surface area contributed by atoms with E-state index in [1.54, 1.807) is 20.8 Å². The first kappa shape index (κ1) is 22.9. The third kappa shape index (κ3) is 4.47. The summed E-state index contributed by atoms with van der Waals surface area (Å²) in [7, 11) is -2.11. The number of non-ortho nitro benzene ring substituents is 1. The summed E-state index contributed by atoms with van der Waals surface area (Å²) in [5.74, 6) is -1.57. The number of hydrogen-bond donors (Lipinski definition) is 2. The lowest BCUT2D eigenvalue weighted by Gasteiger charge is -2.28. The van der Waals surface area contributed by atoms with Gasteiger partial charge >= 0.3 is 6.09 Å². The first-order valence-electron chi connectivity index (χ1n) is 9.36. The third-order valence-electron chi connectivity index (χ3n) is 4.42. The van der Waals surface area contributed by atoms with Crippen molar-refractivity contribution in [1.82, 2.24) is 4.90 Å². The molecule has 1 unspecified atom stereocenters. The van der Waals surface area contributed by atoms with Crippen LogP contribution in [0.4, 0.5) is 10.5 Å². The molecule has 0 aromatic heterocycles. The lowest BCUT2D eigenvalue weighted by Crippen LogP contribution is -2.39. The minimum atomic E-state index is -2.11. The number of ether oxygens (including phenoxy) is 1. The summed E-state index contributed by atoms with van der Waals surface area (Å²) >= 11 is 0. The molecule has 0 saturated carbocycles. The molecule has 1 heterocycles. The van der Waals surface area contributed by atoms with Gasteiger partial charge in [0, 0.05) is 28.7 Å². The molecule has 0 fully saturated rings. The van der Waals surface area contributed by atoms with Gasteiger partial charge < -0.3 is 14.9 Å². The highest BCUT2D eigenvalue weighted by molar-refractivity contribution is 7.85. The van der Waals surface area contributed by atoms with Gasteiger partial charge in [-0.25, -0.2) is 13.9 Å². The maximum atomic E-state index is 13.3. The van der Waals surface area contributed by atoms with Crippen molar-refractivity contribution in [1.29, 1.82) is 0 Å². The molecule has 2 N–H and O–H groups in total. The molecule has 1 aliphatic heterocycles. The fraction of sp³-hybridized carbons (Fsp3) is 0.238. The minimum Gasteiger partial charge on any atom is -0.508 e. The second-order valence-corrected chi connectivity index (χ2v) is 9.28. The quantitative estimate of drug-likeness (QED) is 0.400. The van der Waals surface area contributed by atoms with Crippen LogP contribution in [0, 0.1) is 10.1 Å². The van der Waals surface area contributed by atoms with Crippen LogP contribution in [0.3, 0.4) is 0 Å². The van der Waals surface area contributed by atoms with Crippen LogP contribution in [0.25, 0.3) is 0 Å². The molecule has 0 aliphatic carbocycles. The van der Waals surface area contributed by atoms with Gasteiger partial charge in [0.05, 0.1) is 26.7 Å². The molecule has 10 nitrogen and oxygen atoms in total. The Kier molecular flexibility index (Phi) is 6.04. The molecule has 2 aromatic carbocycles. The van der Waals surface area contributed by atoms with E-state index in [-0.39, 0.29) is 21.0 Å². The Morgan fingerprint density at radius 1 is 1.12 bits per heavy atom. The van der Waals surface area contributed by atoms with E-state index in [1.165, 1.54) is 18.2 Å². The second kappa shape index (κ2) is 8.42. The van der Waals surface area contributed by atoms with Gasteiger partial charge in [-0.15, -0.1) is 0 Å². The monoisotopic (exact) mass is 460 g/mol. The van der Waals surface area contributed by atoms with Crippen molar-refractivity contribution in [2.24, 2.45) is 0 Å². The van der Waals surface area contributed by atoms with E-state index in [1.807, 2.05) is 0 Å². The van der Waals surface area contributed by atoms with Crippen LogP contribution in [-0.4, -0.2) is 41.8 Å². The summed E-state index contributed by atoms with van der Waals surface area (Å²) in [6.45, 7) is 4.86. The van der Waals surface area contributed by atoms with E-state index in [4.69, 9.17) is 4.74 Å². The smallest absolute Gasteiger partial charge is 0.418 e. The van der Waals surface area contributed by atoms with E-state index in [9.17, 15) is 34.1 Å². The van der Waals surface area contributed by atoms with Gasteiger partial charge in [-0.05, 0) is 45.0 Å². The fourth-order valence-electron chi connectivity index (χ4n) is 3.08. The maximum Gasteiger partial charge on any atom is 0.418 e. The Morgan fingerprint density at radius 2 is 1.72 bits per heavy atom. The predicted octanol–water partition coefficient (Wildman–Crippen LogP) is 3.55. The Hall–Kier alpha value is -3.73. The van der Waals surface area contributed by atoms with Gasteiger partial charge in [0.25, 0.3) is 11.6 Å². The third-order valence-corrected chi connectivity index (χ3v) is 5.92. The number of benzene rings is 2. The number of carbonyl (C=O) groups excluding carboxylic acids is 2. The number of hydrogen-bond acceptors (Lipinski definition) is 8. The van der Waals surface area contributed by atoms with Gasteiger partial charge in [-0.1, -0.05) is 6.08 Å². The Labute approximate surface area is 185 Å². The zero-order valence-electron chi connectivity index (χ0n) is 17.3. The van der Waals surface area contributed by atoms with Crippen LogP contribution in [0.5, 0.6) is 11.5 Å².